The molecule has 0 atom stereocenters. The number of hydrogen-bond donors (Lipinski definition) is 1. The molecule has 0 radical (unpaired) electrons. The maximum atomic E-state index is 12.6. The third-order valence-electron chi connectivity index (χ3n) is 3.63. The molecule has 24 heavy (non-hydrogen) atoms. The first-order chi connectivity index (χ1) is 11.4. The minimum Gasteiger partial charge on any atom is -0.492 e. The molecule has 0 heterocycles. The van der Waals surface area contributed by atoms with Gasteiger partial charge in [0.15, 0.2) is 0 Å². The van der Waals surface area contributed by atoms with Gasteiger partial charge in [0.1, 0.15) is 5.75 Å². The Kier molecular flexibility index (Phi) is 8.21. The summed E-state index contributed by atoms with van der Waals surface area (Å²) in [6, 6.07) is 4.58. The van der Waals surface area contributed by atoms with Crippen molar-refractivity contribution < 1.29 is 17.9 Å². The van der Waals surface area contributed by atoms with Crippen LogP contribution in [0.2, 0.25) is 0 Å². The Labute approximate surface area is 145 Å². The zero-order chi connectivity index (χ0) is 18.2. The van der Waals surface area contributed by atoms with Crippen molar-refractivity contribution in [3.8, 4) is 5.75 Å². The van der Waals surface area contributed by atoms with Gasteiger partial charge in [-0.15, -0.1) is 0 Å². The molecule has 1 N–H and O–H groups in total. The van der Waals surface area contributed by atoms with Gasteiger partial charge >= 0.3 is 0 Å². The minimum absolute atomic E-state index is 0.143. The number of hydrogen-bond acceptors (Lipinski definition) is 4. The molecule has 0 aliphatic rings. The van der Waals surface area contributed by atoms with Gasteiger partial charge in [-0.1, -0.05) is 27.2 Å². The van der Waals surface area contributed by atoms with Gasteiger partial charge in [0.25, 0.3) is 0 Å². The Hall–Kier alpha value is -1.60. The predicted molar refractivity (Wildman–Crippen MR) is 95.9 cm³/mol. The molecular formula is C17H28N2O4S. The van der Waals surface area contributed by atoms with Crippen LogP contribution in [-0.4, -0.2) is 38.3 Å². The van der Waals surface area contributed by atoms with E-state index >= 15 is 0 Å². The summed E-state index contributed by atoms with van der Waals surface area (Å²) in [5.41, 5.74) is 0.395. The first-order valence-corrected chi connectivity index (χ1v) is 9.91. The molecule has 1 aromatic carbocycles. The van der Waals surface area contributed by atoms with E-state index in [-0.39, 0.29) is 10.8 Å². The Morgan fingerprint density at radius 1 is 1.17 bits per heavy atom. The third kappa shape index (κ3) is 5.21. The Balaban J connectivity index is 3.18. The van der Waals surface area contributed by atoms with Crippen LogP contribution in [0.4, 0.5) is 5.69 Å². The quantitative estimate of drug-likeness (QED) is 0.698. The van der Waals surface area contributed by atoms with Crippen molar-refractivity contribution in [3.63, 3.8) is 0 Å². The van der Waals surface area contributed by atoms with Gasteiger partial charge < -0.3 is 10.1 Å². The number of anilines is 1. The number of unbranched alkanes of at least 4 members (excludes halogenated alkanes) is 1. The molecule has 0 aliphatic carbocycles. The summed E-state index contributed by atoms with van der Waals surface area (Å²) in [6.45, 7) is 8.65. The van der Waals surface area contributed by atoms with Gasteiger partial charge in [-0.25, -0.2) is 8.42 Å². The van der Waals surface area contributed by atoms with Gasteiger partial charge in [0.05, 0.1) is 17.2 Å². The number of ether oxygens (including phenoxy) is 1. The molecule has 0 aliphatic heterocycles. The van der Waals surface area contributed by atoms with Crippen molar-refractivity contribution in [2.24, 2.45) is 0 Å². The van der Waals surface area contributed by atoms with Crippen molar-refractivity contribution in [2.75, 3.05) is 25.0 Å². The fourth-order valence-electron chi connectivity index (χ4n) is 2.31. The van der Waals surface area contributed by atoms with E-state index in [1.54, 1.807) is 19.9 Å². The lowest BCUT2D eigenvalue weighted by molar-refractivity contribution is -0.116. The summed E-state index contributed by atoms with van der Waals surface area (Å²) in [6.07, 6.45) is 2.10. The first kappa shape index (κ1) is 20.4. The van der Waals surface area contributed by atoms with Crippen LogP contribution in [0.3, 0.4) is 0 Å². The molecule has 0 unspecified atom stereocenters. The highest BCUT2D eigenvalue weighted by Gasteiger charge is 2.23. The van der Waals surface area contributed by atoms with E-state index in [4.69, 9.17) is 4.74 Å². The third-order valence-corrected chi connectivity index (χ3v) is 5.67. The SMILES string of the molecule is CCCCC(=O)Nc1cc(S(=O)(=O)N(CC)CC)ccc1OCC. The molecule has 1 rings (SSSR count). The van der Waals surface area contributed by atoms with Crippen LogP contribution < -0.4 is 10.1 Å². The molecule has 0 spiro atoms. The average Bonchev–Trinajstić information content (AvgIpc) is 2.55. The number of benzene rings is 1. The van der Waals surface area contributed by atoms with E-state index in [2.05, 4.69) is 5.32 Å². The van der Waals surface area contributed by atoms with Gasteiger partial charge in [-0.05, 0) is 31.5 Å². The van der Waals surface area contributed by atoms with E-state index in [9.17, 15) is 13.2 Å². The van der Waals surface area contributed by atoms with E-state index < -0.39 is 10.0 Å². The molecular weight excluding hydrogens is 328 g/mol. The molecule has 1 aromatic rings. The number of nitrogens with zero attached hydrogens (tertiary/aromatic N) is 1. The molecule has 0 aromatic heterocycles. The Morgan fingerprint density at radius 3 is 2.38 bits per heavy atom. The van der Waals surface area contributed by atoms with Gasteiger partial charge in [-0.3, -0.25) is 4.79 Å². The number of carbonyl (C=O) groups is 1. The molecule has 1 amide bonds. The summed E-state index contributed by atoms with van der Waals surface area (Å²) in [5, 5.41) is 2.77. The zero-order valence-corrected chi connectivity index (χ0v) is 15.8. The summed E-state index contributed by atoms with van der Waals surface area (Å²) < 4.78 is 32.2. The maximum absolute atomic E-state index is 12.6. The van der Waals surface area contributed by atoms with Gasteiger partial charge in [0, 0.05) is 19.5 Å². The number of nitrogens with one attached hydrogen (secondary N) is 1. The van der Waals surface area contributed by atoms with Crippen LogP contribution in [0.1, 0.15) is 47.0 Å². The molecule has 0 fully saturated rings. The zero-order valence-electron chi connectivity index (χ0n) is 15.0. The lowest BCUT2D eigenvalue weighted by Gasteiger charge is -2.20. The normalized spacial score (nSPS) is 11.5. The smallest absolute Gasteiger partial charge is 0.243 e. The lowest BCUT2D eigenvalue weighted by atomic mass is 10.2. The maximum Gasteiger partial charge on any atom is 0.243 e. The summed E-state index contributed by atoms with van der Waals surface area (Å²) in [4.78, 5) is 12.2. The van der Waals surface area contributed by atoms with Crippen molar-refractivity contribution in [3.05, 3.63) is 18.2 Å². The molecule has 0 bridgehead atoms. The highest BCUT2D eigenvalue weighted by atomic mass is 32.2. The topological polar surface area (TPSA) is 75.7 Å². The number of sulfonamides is 1. The van der Waals surface area contributed by atoms with Gasteiger partial charge in [-0.2, -0.15) is 4.31 Å². The van der Waals surface area contributed by atoms with E-state index in [0.717, 1.165) is 12.8 Å². The molecule has 136 valence electrons. The fourth-order valence-corrected chi connectivity index (χ4v) is 3.80. The van der Waals surface area contributed by atoms with E-state index in [0.29, 0.717) is 37.6 Å². The fraction of sp³-hybridized carbons (Fsp3) is 0.588. The minimum atomic E-state index is -3.58. The average molecular weight is 356 g/mol. The Bertz CT molecular complexity index is 640. The highest BCUT2D eigenvalue weighted by Crippen LogP contribution is 2.29. The van der Waals surface area contributed by atoms with Crippen molar-refractivity contribution in [1.29, 1.82) is 0 Å². The highest BCUT2D eigenvalue weighted by molar-refractivity contribution is 7.89. The predicted octanol–water partition coefficient (Wildman–Crippen LogP) is 3.24. The first-order valence-electron chi connectivity index (χ1n) is 8.47. The Morgan fingerprint density at radius 2 is 1.83 bits per heavy atom. The second-order valence-corrected chi connectivity index (χ2v) is 7.27. The van der Waals surface area contributed by atoms with Crippen LogP contribution >= 0.6 is 0 Å². The van der Waals surface area contributed by atoms with Crippen LogP contribution in [-0.2, 0) is 14.8 Å². The molecule has 0 saturated carbocycles. The van der Waals surface area contributed by atoms with Gasteiger partial charge in [0.2, 0.25) is 15.9 Å². The molecule has 6 nitrogen and oxygen atoms in total. The largest absolute Gasteiger partial charge is 0.492 e. The van der Waals surface area contributed by atoms with Crippen molar-refractivity contribution in [2.45, 2.75) is 51.9 Å². The van der Waals surface area contributed by atoms with Crippen LogP contribution in [0.15, 0.2) is 23.1 Å². The summed E-state index contributed by atoms with van der Waals surface area (Å²) in [5.74, 6) is 0.330. The van der Waals surface area contributed by atoms with E-state index in [1.807, 2.05) is 13.8 Å². The second kappa shape index (κ2) is 9.64. The molecule has 0 saturated heterocycles. The van der Waals surface area contributed by atoms with Crippen LogP contribution in [0.5, 0.6) is 5.75 Å². The number of rotatable bonds is 10. The lowest BCUT2D eigenvalue weighted by Crippen LogP contribution is -2.30. The van der Waals surface area contributed by atoms with E-state index in [1.165, 1.54) is 16.4 Å². The summed E-state index contributed by atoms with van der Waals surface area (Å²) >= 11 is 0. The van der Waals surface area contributed by atoms with Crippen LogP contribution in [0.25, 0.3) is 0 Å². The second-order valence-electron chi connectivity index (χ2n) is 5.33. The standard InChI is InChI=1S/C17H28N2O4S/c1-5-9-10-17(20)18-15-13-14(11-12-16(15)23-8-4)24(21,22)19(6-2)7-3/h11-13H,5-10H2,1-4H3,(H,18,20). The molecule has 7 heteroatoms. The van der Waals surface area contributed by atoms with Crippen molar-refractivity contribution in [1.82, 2.24) is 4.31 Å². The number of carbonyl (C=O) groups excluding carboxylic acids is 1. The monoisotopic (exact) mass is 356 g/mol. The summed E-state index contributed by atoms with van der Waals surface area (Å²) in [7, 11) is -3.58. The van der Waals surface area contributed by atoms with Crippen LogP contribution in [0, 0.1) is 0 Å². The van der Waals surface area contributed by atoms with Crippen molar-refractivity contribution >= 4 is 21.6 Å². The number of amides is 1.